The molecule has 0 saturated heterocycles. The molecule has 1 aliphatic heterocycles. The van der Waals surface area contributed by atoms with Gasteiger partial charge in [0, 0.05) is 22.3 Å². The molecular formula is C49H37N3Pt. The largest absolute Gasteiger partial charge is 4.00 e. The Labute approximate surface area is 326 Å². The summed E-state index contributed by atoms with van der Waals surface area (Å²) >= 11 is 0. The summed E-state index contributed by atoms with van der Waals surface area (Å²) < 4.78 is 2.32. The Morgan fingerprint density at radius 1 is 0.604 bits per heavy atom. The monoisotopic (exact) mass is 862 g/mol. The Morgan fingerprint density at radius 3 is 1.98 bits per heavy atom. The van der Waals surface area contributed by atoms with E-state index >= 15 is 0 Å². The molecule has 4 heteroatoms. The fraction of sp³-hybridized carbons (Fsp3) is 0.122. The number of hydrogen-bond acceptors (Lipinski definition) is 2. The van der Waals surface area contributed by atoms with E-state index < -0.39 is 5.41 Å². The van der Waals surface area contributed by atoms with E-state index in [1.165, 1.54) is 44.3 Å². The summed E-state index contributed by atoms with van der Waals surface area (Å²) in [6, 6.07) is 64.2. The average Bonchev–Trinajstić information content (AvgIpc) is 3.80. The van der Waals surface area contributed by atoms with Crippen molar-refractivity contribution >= 4 is 38.9 Å². The second-order valence-electron chi connectivity index (χ2n) is 15.1. The molecule has 0 amide bonds. The fourth-order valence-electron chi connectivity index (χ4n) is 8.65. The van der Waals surface area contributed by atoms with Crippen LogP contribution < -0.4 is 9.80 Å². The molecule has 0 saturated carbocycles. The van der Waals surface area contributed by atoms with Crippen LogP contribution in [0, 0.1) is 24.9 Å². The molecule has 2 aliphatic rings. The van der Waals surface area contributed by atoms with E-state index in [1.807, 2.05) is 12.1 Å². The number of aromatic nitrogens is 1. The predicted octanol–water partition coefficient (Wildman–Crippen LogP) is 11.5. The van der Waals surface area contributed by atoms with E-state index in [9.17, 15) is 0 Å². The third-order valence-corrected chi connectivity index (χ3v) is 11.1. The minimum absolute atomic E-state index is 0. The Balaban J connectivity index is 0.00000372. The molecule has 0 unspecified atom stereocenters. The zero-order valence-electron chi connectivity index (χ0n) is 30.1. The van der Waals surface area contributed by atoms with Gasteiger partial charge in [0.2, 0.25) is 0 Å². The number of para-hydroxylation sites is 4. The van der Waals surface area contributed by atoms with E-state index in [-0.39, 0.29) is 26.5 Å². The van der Waals surface area contributed by atoms with Gasteiger partial charge in [-0.3, -0.25) is 0 Å². The number of fused-ring (bicyclic) bond motifs is 7. The molecule has 0 bridgehead atoms. The van der Waals surface area contributed by atoms with Gasteiger partial charge in [-0.05, 0) is 58.3 Å². The van der Waals surface area contributed by atoms with Crippen LogP contribution in [0.1, 0.15) is 48.6 Å². The summed E-state index contributed by atoms with van der Waals surface area (Å²) in [5, 5.41) is 2.40. The van der Waals surface area contributed by atoms with Gasteiger partial charge >= 0.3 is 21.1 Å². The second-order valence-corrected chi connectivity index (χ2v) is 15.1. The zero-order chi connectivity index (χ0) is 35.2. The van der Waals surface area contributed by atoms with E-state index in [0.29, 0.717) is 0 Å². The molecule has 7 aromatic carbocycles. The first-order valence-electron chi connectivity index (χ1n) is 18.0. The second kappa shape index (κ2) is 12.4. The van der Waals surface area contributed by atoms with Crippen LogP contribution >= 0.6 is 0 Å². The number of anilines is 3. The van der Waals surface area contributed by atoms with Crippen LogP contribution in [0.2, 0.25) is 0 Å². The first-order chi connectivity index (χ1) is 25.3. The average molecular weight is 863 g/mol. The van der Waals surface area contributed by atoms with Gasteiger partial charge < -0.3 is 14.4 Å². The Bertz CT molecular complexity index is 2640. The van der Waals surface area contributed by atoms with Gasteiger partial charge in [-0.25, -0.2) is 0 Å². The van der Waals surface area contributed by atoms with Gasteiger partial charge in [0.15, 0.2) is 0 Å². The first kappa shape index (κ1) is 33.5. The number of nitrogens with zero attached hydrogens (tertiary/aromatic N) is 3. The number of rotatable bonds is 4. The summed E-state index contributed by atoms with van der Waals surface area (Å²) in [4.78, 5) is 4.50. The van der Waals surface area contributed by atoms with Crippen LogP contribution in [0.5, 0.6) is 0 Å². The standard InChI is InChI=1S/C49H37N3.Pt/c1-48(2,3)34-28-35(30-37(29-34)51-32-50(4)46-24-14-15-25-47(46)51)49(42-21-11-8-18-38(42)39-19-9-12-22-43(39)49)33-26-27-45-41(31-33)40-20-10-13-23-44(40)52(45)36-16-6-5-7-17-36;/h5-16,18-25,27-29,31-32H,1-4H3;/q-4;+4. The topological polar surface area (TPSA) is 11.4 Å². The molecule has 0 atom stereocenters. The van der Waals surface area contributed by atoms with Crippen LogP contribution in [0.25, 0.3) is 38.6 Å². The van der Waals surface area contributed by atoms with E-state index in [4.69, 9.17) is 0 Å². The maximum Gasteiger partial charge on any atom is 4.00 e. The van der Waals surface area contributed by atoms with Crippen molar-refractivity contribution in [1.82, 2.24) is 4.57 Å². The van der Waals surface area contributed by atoms with Crippen molar-refractivity contribution in [2.24, 2.45) is 0 Å². The summed E-state index contributed by atoms with van der Waals surface area (Å²) in [7, 11) is 2.12. The first-order valence-corrected chi connectivity index (χ1v) is 18.0. The SMILES string of the molecule is CN1[CH-]N(c2[c-]c(C3(c4[c-]cc5c(c4)c4ccccc4n5-c4[c-]cccc4)c4ccccc4-c4ccccc43)cc(C(C)(C)C)c2)c2ccccc21.[Pt+4]. The normalized spacial score (nSPS) is 14.3. The molecule has 1 aliphatic carbocycles. The maximum absolute atomic E-state index is 4.08. The molecule has 0 spiro atoms. The quantitative estimate of drug-likeness (QED) is 0.163. The molecular weight excluding hydrogens is 826 g/mol. The molecule has 0 fully saturated rings. The van der Waals surface area contributed by atoms with Gasteiger partial charge in [-0.15, -0.1) is 34.3 Å². The molecule has 0 N–H and O–H groups in total. The number of benzene rings is 7. The van der Waals surface area contributed by atoms with Gasteiger partial charge in [0.1, 0.15) is 0 Å². The molecule has 2 heterocycles. The Kier molecular flexibility index (Phi) is 7.80. The van der Waals surface area contributed by atoms with Crippen LogP contribution in [-0.2, 0) is 31.9 Å². The third-order valence-electron chi connectivity index (χ3n) is 11.1. The minimum atomic E-state index is -0.676. The van der Waals surface area contributed by atoms with Crippen molar-refractivity contribution in [2.75, 3.05) is 16.8 Å². The van der Waals surface area contributed by atoms with Gasteiger partial charge in [0.25, 0.3) is 0 Å². The van der Waals surface area contributed by atoms with Gasteiger partial charge in [-0.1, -0.05) is 111 Å². The van der Waals surface area contributed by atoms with Crippen molar-refractivity contribution in [3.8, 4) is 16.8 Å². The smallest absolute Gasteiger partial charge is 0.504 e. The predicted molar refractivity (Wildman–Crippen MR) is 215 cm³/mol. The van der Waals surface area contributed by atoms with E-state index in [0.717, 1.165) is 39.2 Å². The van der Waals surface area contributed by atoms with E-state index in [1.54, 1.807) is 0 Å². The van der Waals surface area contributed by atoms with Crippen LogP contribution in [0.15, 0.2) is 146 Å². The Morgan fingerprint density at radius 2 is 1.26 bits per heavy atom. The van der Waals surface area contributed by atoms with Crippen molar-refractivity contribution in [2.45, 2.75) is 31.6 Å². The molecule has 258 valence electrons. The van der Waals surface area contributed by atoms with Crippen molar-refractivity contribution in [3.63, 3.8) is 0 Å². The van der Waals surface area contributed by atoms with Crippen LogP contribution in [-0.4, -0.2) is 11.6 Å². The molecule has 10 rings (SSSR count). The summed E-state index contributed by atoms with van der Waals surface area (Å²) in [5.74, 6) is 0. The van der Waals surface area contributed by atoms with Crippen LogP contribution in [0.3, 0.4) is 0 Å². The zero-order valence-corrected chi connectivity index (χ0v) is 32.4. The molecule has 1 aromatic heterocycles. The Hall–Kier alpha value is -5.37. The maximum atomic E-state index is 4.08. The minimum Gasteiger partial charge on any atom is -0.504 e. The molecule has 8 aromatic rings. The van der Waals surface area contributed by atoms with Crippen LogP contribution in [0.4, 0.5) is 17.1 Å². The summed E-state index contributed by atoms with van der Waals surface area (Å²) in [5.41, 5.74) is 14.3. The van der Waals surface area contributed by atoms with Crippen molar-refractivity contribution < 1.29 is 21.1 Å². The van der Waals surface area contributed by atoms with Crippen molar-refractivity contribution in [3.05, 3.63) is 198 Å². The number of hydrogen-bond donors (Lipinski definition) is 0. The summed E-state index contributed by atoms with van der Waals surface area (Å²) in [6.07, 6.45) is 0. The van der Waals surface area contributed by atoms with E-state index in [2.05, 4.69) is 201 Å². The molecule has 0 radical (unpaired) electrons. The molecule has 53 heavy (non-hydrogen) atoms. The van der Waals surface area contributed by atoms with Gasteiger partial charge in [0.05, 0.1) is 0 Å². The fourth-order valence-corrected chi connectivity index (χ4v) is 8.65. The molecule has 3 nitrogen and oxygen atoms in total. The van der Waals surface area contributed by atoms with Gasteiger partial charge in [-0.2, -0.15) is 66.8 Å². The van der Waals surface area contributed by atoms with Crippen molar-refractivity contribution in [1.29, 1.82) is 0 Å². The summed E-state index contributed by atoms with van der Waals surface area (Å²) in [6.45, 7) is 9.10. The third kappa shape index (κ3) is 4.90.